The van der Waals surface area contributed by atoms with Crippen molar-refractivity contribution in [3.63, 3.8) is 0 Å². The van der Waals surface area contributed by atoms with E-state index in [1.807, 2.05) is 45.0 Å². The van der Waals surface area contributed by atoms with Crippen molar-refractivity contribution in [1.82, 2.24) is 15.0 Å². The van der Waals surface area contributed by atoms with Crippen LogP contribution >= 0.6 is 0 Å². The summed E-state index contributed by atoms with van der Waals surface area (Å²) in [6.45, 7) is 6.11. The lowest BCUT2D eigenvalue weighted by atomic mass is 10.1. The number of aryl methyl sites for hydroxylation is 1. The van der Waals surface area contributed by atoms with Crippen LogP contribution < -0.4 is 5.73 Å². The first-order valence-electron chi connectivity index (χ1n) is 5.38. The first kappa shape index (κ1) is 10.7. The molecule has 2 aromatic rings. The Morgan fingerprint density at radius 3 is 2.50 bits per heavy atom. The molecule has 0 aliphatic carbocycles. The molecule has 0 saturated carbocycles. The Labute approximate surface area is 95.1 Å². The van der Waals surface area contributed by atoms with E-state index in [4.69, 9.17) is 5.73 Å². The van der Waals surface area contributed by atoms with Crippen molar-refractivity contribution in [3.05, 3.63) is 29.8 Å². The second-order valence-electron chi connectivity index (χ2n) is 4.18. The van der Waals surface area contributed by atoms with Crippen LogP contribution in [0.4, 0.5) is 5.82 Å². The molecule has 0 spiro atoms. The minimum atomic E-state index is 0.227. The van der Waals surface area contributed by atoms with Crippen LogP contribution in [-0.2, 0) is 0 Å². The second-order valence-corrected chi connectivity index (χ2v) is 4.18. The molecule has 0 amide bonds. The third kappa shape index (κ3) is 1.66. The standard InChI is InChI=1S/C12H16N4/c1-8(2)16-12(13)11(14-15-16)10-7-5-4-6-9(10)3/h4-8H,13H2,1-3H3. The highest BCUT2D eigenvalue weighted by Gasteiger charge is 2.14. The van der Waals surface area contributed by atoms with Crippen molar-refractivity contribution < 1.29 is 0 Å². The molecule has 0 radical (unpaired) electrons. The summed E-state index contributed by atoms with van der Waals surface area (Å²) in [6, 6.07) is 8.27. The van der Waals surface area contributed by atoms with Gasteiger partial charge in [-0.3, -0.25) is 0 Å². The van der Waals surface area contributed by atoms with E-state index < -0.39 is 0 Å². The van der Waals surface area contributed by atoms with E-state index in [0.29, 0.717) is 5.82 Å². The third-order valence-corrected chi connectivity index (χ3v) is 2.62. The van der Waals surface area contributed by atoms with Crippen LogP contribution in [0.3, 0.4) is 0 Å². The molecule has 2 rings (SSSR count). The molecule has 1 heterocycles. The van der Waals surface area contributed by atoms with Gasteiger partial charge in [-0.2, -0.15) is 0 Å². The molecule has 0 unspecified atom stereocenters. The van der Waals surface area contributed by atoms with Gasteiger partial charge in [0.1, 0.15) is 5.69 Å². The van der Waals surface area contributed by atoms with Gasteiger partial charge in [0.25, 0.3) is 0 Å². The summed E-state index contributed by atoms with van der Waals surface area (Å²) >= 11 is 0. The van der Waals surface area contributed by atoms with Gasteiger partial charge in [0, 0.05) is 5.56 Å². The number of nitrogens with zero attached hydrogens (tertiary/aromatic N) is 3. The summed E-state index contributed by atoms with van der Waals surface area (Å²) in [5, 5.41) is 8.23. The molecule has 0 saturated heterocycles. The van der Waals surface area contributed by atoms with Crippen molar-refractivity contribution >= 4 is 5.82 Å². The van der Waals surface area contributed by atoms with Crippen molar-refractivity contribution in [2.24, 2.45) is 0 Å². The van der Waals surface area contributed by atoms with Crippen molar-refractivity contribution in [2.45, 2.75) is 26.8 Å². The number of hydrogen-bond acceptors (Lipinski definition) is 3. The molecular weight excluding hydrogens is 200 g/mol. The maximum atomic E-state index is 6.04. The number of anilines is 1. The van der Waals surface area contributed by atoms with Crippen molar-refractivity contribution in [3.8, 4) is 11.3 Å². The minimum absolute atomic E-state index is 0.227. The van der Waals surface area contributed by atoms with Gasteiger partial charge in [0.2, 0.25) is 0 Å². The topological polar surface area (TPSA) is 56.7 Å². The van der Waals surface area contributed by atoms with Crippen LogP contribution in [0.2, 0.25) is 0 Å². The molecule has 1 aromatic heterocycles. The number of nitrogen functional groups attached to an aromatic ring is 1. The highest BCUT2D eigenvalue weighted by atomic mass is 15.5. The van der Waals surface area contributed by atoms with Gasteiger partial charge in [-0.1, -0.05) is 29.5 Å². The molecule has 84 valence electrons. The maximum Gasteiger partial charge on any atom is 0.150 e. The molecule has 0 aliphatic rings. The molecule has 16 heavy (non-hydrogen) atoms. The van der Waals surface area contributed by atoms with Crippen molar-refractivity contribution in [1.29, 1.82) is 0 Å². The first-order chi connectivity index (χ1) is 7.61. The smallest absolute Gasteiger partial charge is 0.150 e. The fraction of sp³-hybridized carbons (Fsp3) is 0.333. The summed E-state index contributed by atoms with van der Waals surface area (Å²) < 4.78 is 1.74. The largest absolute Gasteiger partial charge is 0.382 e. The SMILES string of the molecule is Cc1ccccc1-c1nnn(C(C)C)c1N. The predicted molar refractivity (Wildman–Crippen MR) is 65.0 cm³/mol. The summed E-state index contributed by atoms with van der Waals surface area (Å²) in [7, 11) is 0. The minimum Gasteiger partial charge on any atom is -0.382 e. The number of hydrogen-bond donors (Lipinski definition) is 1. The summed E-state index contributed by atoms with van der Waals surface area (Å²) in [6.07, 6.45) is 0. The van der Waals surface area contributed by atoms with Gasteiger partial charge in [0.15, 0.2) is 5.82 Å². The normalized spacial score (nSPS) is 11.0. The Morgan fingerprint density at radius 2 is 1.94 bits per heavy atom. The van der Waals surface area contributed by atoms with E-state index in [-0.39, 0.29) is 6.04 Å². The Morgan fingerprint density at radius 1 is 1.25 bits per heavy atom. The average molecular weight is 216 g/mol. The third-order valence-electron chi connectivity index (χ3n) is 2.62. The van der Waals surface area contributed by atoms with Crippen LogP contribution in [0.25, 0.3) is 11.3 Å². The predicted octanol–water partition coefficient (Wildman–Crippen LogP) is 2.42. The lowest BCUT2D eigenvalue weighted by molar-refractivity contribution is 0.521. The van der Waals surface area contributed by atoms with E-state index in [9.17, 15) is 0 Å². The summed E-state index contributed by atoms with van der Waals surface area (Å²) in [4.78, 5) is 0. The summed E-state index contributed by atoms with van der Waals surface area (Å²) in [5.74, 6) is 0.629. The van der Waals surface area contributed by atoms with Crippen LogP contribution in [0, 0.1) is 6.92 Å². The van der Waals surface area contributed by atoms with Crippen LogP contribution in [0.15, 0.2) is 24.3 Å². The highest BCUT2D eigenvalue weighted by Crippen LogP contribution is 2.27. The lowest BCUT2D eigenvalue weighted by Gasteiger charge is -2.07. The molecule has 2 N–H and O–H groups in total. The second kappa shape index (κ2) is 3.96. The van der Waals surface area contributed by atoms with Gasteiger partial charge in [0.05, 0.1) is 6.04 Å². The Balaban J connectivity index is 2.54. The van der Waals surface area contributed by atoms with E-state index >= 15 is 0 Å². The van der Waals surface area contributed by atoms with Gasteiger partial charge < -0.3 is 5.73 Å². The van der Waals surface area contributed by atoms with E-state index in [2.05, 4.69) is 10.3 Å². The average Bonchev–Trinajstić information content (AvgIpc) is 2.61. The monoisotopic (exact) mass is 216 g/mol. The molecule has 1 aromatic carbocycles. The Kier molecular flexibility index (Phi) is 2.64. The quantitative estimate of drug-likeness (QED) is 0.838. The summed E-state index contributed by atoms with van der Waals surface area (Å²) in [5.41, 5.74) is 9.02. The van der Waals surface area contributed by atoms with Gasteiger partial charge in [-0.25, -0.2) is 4.68 Å². The fourth-order valence-electron chi connectivity index (χ4n) is 1.71. The molecule has 4 nitrogen and oxygen atoms in total. The van der Waals surface area contributed by atoms with E-state index in [1.54, 1.807) is 4.68 Å². The molecule has 0 atom stereocenters. The Hall–Kier alpha value is -1.84. The zero-order chi connectivity index (χ0) is 11.7. The lowest BCUT2D eigenvalue weighted by Crippen LogP contribution is -2.07. The highest BCUT2D eigenvalue weighted by molar-refractivity contribution is 5.72. The molecule has 4 heteroatoms. The number of benzene rings is 1. The molecule has 0 bridgehead atoms. The zero-order valence-electron chi connectivity index (χ0n) is 9.81. The maximum absolute atomic E-state index is 6.04. The van der Waals surface area contributed by atoms with Crippen LogP contribution in [0.5, 0.6) is 0 Å². The van der Waals surface area contributed by atoms with Gasteiger partial charge >= 0.3 is 0 Å². The van der Waals surface area contributed by atoms with Gasteiger partial charge in [-0.15, -0.1) is 5.10 Å². The molecule has 0 aliphatic heterocycles. The fourth-order valence-corrected chi connectivity index (χ4v) is 1.71. The van der Waals surface area contributed by atoms with Crippen molar-refractivity contribution in [2.75, 3.05) is 5.73 Å². The number of rotatable bonds is 2. The number of aromatic nitrogens is 3. The van der Waals surface area contributed by atoms with Gasteiger partial charge in [-0.05, 0) is 26.3 Å². The van der Waals surface area contributed by atoms with Crippen LogP contribution in [-0.4, -0.2) is 15.0 Å². The van der Waals surface area contributed by atoms with E-state index in [1.165, 1.54) is 0 Å². The zero-order valence-corrected chi connectivity index (χ0v) is 9.81. The van der Waals surface area contributed by atoms with Crippen LogP contribution in [0.1, 0.15) is 25.5 Å². The first-order valence-corrected chi connectivity index (χ1v) is 5.38. The molecule has 0 fully saturated rings. The molecular formula is C12H16N4. The van der Waals surface area contributed by atoms with E-state index in [0.717, 1.165) is 16.8 Å². The number of nitrogens with two attached hydrogens (primary N) is 1. The Bertz CT molecular complexity index is 499.